The molecule has 10 heteroatoms. The lowest BCUT2D eigenvalue weighted by atomic mass is 10.0. The van der Waals surface area contributed by atoms with Crippen molar-refractivity contribution in [1.82, 2.24) is 9.80 Å². The SMILES string of the molecule is COc1c(N2CCOCC2)cc(C(=O)CN2C=C3C=CC=CN3C2=C=N)cc1C(F)(F)F. The normalized spacial score (nSPS) is 17.9. The fourth-order valence-electron chi connectivity index (χ4n) is 3.85. The molecule has 1 saturated heterocycles. The number of methoxy groups -OCH3 is 1. The van der Waals surface area contributed by atoms with Crippen LogP contribution in [0.4, 0.5) is 18.9 Å². The van der Waals surface area contributed by atoms with Crippen LogP contribution in [-0.4, -0.2) is 61.4 Å². The molecule has 1 N–H and O–H groups in total. The molecule has 0 spiro atoms. The van der Waals surface area contributed by atoms with Crippen molar-refractivity contribution < 1.29 is 27.4 Å². The van der Waals surface area contributed by atoms with Crippen LogP contribution in [0.15, 0.2) is 54.3 Å². The van der Waals surface area contributed by atoms with E-state index in [4.69, 9.17) is 14.9 Å². The van der Waals surface area contributed by atoms with Crippen molar-refractivity contribution >= 4 is 17.3 Å². The van der Waals surface area contributed by atoms with Gasteiger partial charge in [-0.15, -0.1) is 0 Å². The highest BCUT2D eigenvalue weighted by Crippen LogP contribution is 2.43. The quantitative estimate of drug-likeness (QED) is 0.553. The number of carbonyl (C=O) groups excluding carboxylic acids is 1. The lowest BCUT2D eigenvalue weighted by molar-refractivity contribution is -0.138. The number of rotatable bonds is 5. The topological polar surface area (TPSA) is 69.1 Å². The third-order valence-corrected chi connectivity index (χ3v) is 5.36. The summed E-state index contributed by atoms with van der Waals surface area (Å²) >= 11 is 0. The Labute approximate surface area is 182 Å². The zero-order valence-corrected chi connectivity index (χ0v) is 17.3. The Morgan fingerprint density at radius 2 is 2.00 bits per heavy atom. The van der Waals surface area contributed by atoms with E-state index in [2.05, 4.69) is 5.87 Å². The molecule has 0 unspecified atom stereocenters. The number of ether oxygens (including phenoxy) is 2. The van der Waals surface area contributed by atoms with Crippen molar-refractivity contribution in [2.45, 2.75) is 6.18 Å². The van der Waals surface area contributed by atoms with Crippen molar-refractivity contribution in [1.29, 1.82) is 5.41 Å². The van der Waals surface area contributed by atoms with Crippen LogP contribution >= 0.6 is 0 Å². The van der Waals surface area contributed by atoms with Gasteiger partial charge in [0.2, 0.25) is 0 Å². The van der Waals surface area contributed by atoms with Gasteiger partial charge in [0.05, 0.1) is 38.3 Å². The Kier molecular flexibility index (Phi) is 5.82. The molecule has 32 heavy (non-hydrogen) atoms. The van der Waals surface area contributed by atoms with Crippen molar-refractivity contribution in [2.75, 3.05) is 44.9 Å². The molecule has 1 aromatic rings. The summed E-state index contributed by atoms with van der Waals surface area (Å²) in [5, 5.41) is 7.58. The predicted molar refractivity (Wildman–Crippen MR) is 112 cm³/mol. The Bertz CT molecular complexity index is 1060. The number of hydrogen-bond donors (Lipinski definition) is 1. The second kappa shape index (κ2) is 8.57. The number of morpholine rings is 1. The summed E-state index contributed by atoms with van der Waals surface area (Å²) in [7, 11) is 1.19. The molecule has 0 bridgehead atoms. The summed E-state index contributed by atoms with van der Waals surface area (Å²) < 4.78 is 51.9. The van der Waals surface area contributed by atoms with Crippen LogP contribution in [0.5, 0.6) is 5.75 Å². The lowest BCUT2D eigenvalue weighted by Crippen LogP contribution is -2.37. The second-order valence-electron chi connectivity index (χ2n) is 7.30. The van der Waals surface area contributed by atoms with E-state index in [-0.39, 0.29) is 23.5 Å². The van der Waals surface area contributed by atoms with Crippen LogP contribution in [0.25, 0.3) is 0 Å². The van der Waals surface area contributed by atoms with Crippen LogP contribution in [-0.2, 0) is 10.9 Å². The highest BCUT2D eigenvalue weighted by atomic mass is 19.4. The molecule has 0 aliphatic carbocycles. The first-order chi connectivity index (χ1) is 15.3. The molecule has 0 amide bonds. The van der Waals surface area contributed by atoms with Crippen LogP contribution in [0.2, 0.25) is 0 Å². The largest absolute Gasteiger partial charge is 0.494 e. The molecular formula is C22H21F3N4O3. The maximum atomic E-state index is 13.8. The molecule has 168 valence electrons. The van der Waals surface area contributed by atoms with Crippen molar-refractivity contribution in [3.63, 3.8) is 0 Å². The van der Waals surface area contributed by atoms with Gasteiger partial charge in [0.1, 0.15) is 5.56 Å². The summed E-state index contributed by atoms with van der Waals surface area (Å²) in [5.41, 5.74) is -0.147. The first-order valence-electron chi connectivity index (χ1n) is 9.91. The van der Waals surface area contributed by atoms with Crippen molar-refractivity contribution in [3.05, 3.63) is 65.4 Å². The van der Waals surface area contributed by atoms with E-state index in [0.29, 0.717) is 32.1 Å². The molecule has 0 saturated carbocycles. The minimum Gasteiger partial charge on any atom is -0.494 e. The second-order valence-corrected chi connectivity index (χ2v) is 7.30. The van der Waals surface area contributed by atoms with Gasteiger partial charge < -0.3 is 19.3 Å². The average molecular weight is 446 g/mol. The number of benzene rings is 1. The molecule has 3 heterocycles. The van der Waals surface area contributed by atoms with E-state index in [0.717, 1.165) is 11.8 Å². The van der Waals surface area contributed by atoms with Gasteiger partial charge >= 0.3 is 6.18 Å². The third kappa shape index (κ3) is 4.02. The summed E-state index contributed by atoms with van der Waals surface area (Å²) in [6.45, 7) is 1.27. The minimum absolute atomic E-state index is 0.0849. The summed E-state index contributed by atoms with van der Waals surface area (Å²) in [5.74, 6) is 1.77. The summed E-state index contributed by atoms with van der Waals surface area (Å²) in [6, 6.07) is 2.27. The van der Waals surface area contributed by atoms with E-state index in [1.807, 2.05) is 6.08 Å². The number of Topliss-reactive ketones (excluding diaryl/α,β-unsaturated/α-hetero) is 1. The van der Waals surface area contributed by atoms with Crippen molar-refractivity contribution in [3.8, 4) is 5.75 Å². The number of nitrogens with one attached hydrogen (secondary N) is 1. The fourth-order valence-corrected chi connectivity index (χ4v) is 3.85. The zero-order valence-electron chi connectivity index (χ0n) is 17.3. The number of fused-ring (bicyclic) bond motifs is 1. The van der Waals surface area contributed by atoms with E-state index in [1.54, 1.807) is 34.4 Å². The molecule has 1 fully saturated rings. The van der Waals surface area contributed by atoms with Crippen LogP contribution in [0, 0.1) is 5.41 Å². The molecule has 0 atom stereocenters. The smallest absolute Gasteiger partial charge is 0.420 e. The van der Waals surface area contributed by atoms with E-state index < -0.39 is 17.5 Å². The van der Waals surface area contributed by atoms with Gasteiger partial charge in [-0.3, -0.25) is 15.1 Å². The number of hydrogen-bond acceptors (Lipinski definition) is 7. The summed E-state index contributed by atoms with van der Waals surface area (Å²) in [6.07, 6.45) is 4.06. The fraction of sp³-hybridized carbons (Fsp3) is 0.318. The zero-order chi connectivity index (χ0) is 22.9. The van der Waals surface area contributed by atoms with E-state index >= 15 is 0 Å². The average Bonchev–Trinajstić information content (AvgIpc) is 3.14. The van der Waals surface area contributed by atoms with Crippen LogP contribution in [0.1, 0.15) is 15.9 Å². The molecule has 3 aliphatic rings. The van der Waals surface area contributed by atoms with Crippen LogP contribution < -0.4 is 9.64 Å². The first-order valence-corrected chi connectivity index (χ1v) is 9.91. The van der Waals surface area contributed by atoms with Gasteiger partial charge in [0.15, 0.2) is 17.4 Å². The molecule has 1 aromatic carbocycles. The molecule has 0 radical (unpaired) electrons. The first kappa shape index (κ1) is 21.7. The highest BCUT2D eigenvalue weighted by Gasteiger charge is 2.38. The van der Waals surface area contributed by atoms with Gasteiger partial charge in [0, 0.05) is 36.9 Å². The van der Waals surface area contributed by atoms with Gasteiger partial charge in [-0.25, -0.2) is 0 Å². The predicted octanol–water partition coefficient (Wildman–Crippen LogP) is 3.37. The molecule has 0 aromatic heterocycles. The third-order valence-electron chi connectivity index (χ3n) is 5.36. The molecule has 4 rings (SSSR count). The van der Waals surface area contributed by atoms with Gasteiger partial charge in [0.25, 0.3) is 0 Å². The highest BCUT2D eigenvalue weighted by molar-refractivity contribution is 5.99. The number of carbonyl (C=O) groups is 1. The van der Waals surface area contributed by atoms with Gasteiger partial charge in [-0.2, -0.15) is 13.2 Å². The Morgan fingerprint density at radius 1 is 1.25 bits per heavy atom. The van der Waals surface area contributed by atoms with Crippen LogP contribution in [0.3, 0.4) is 0 Å². The summed E-state index contributed by atoms with van der Waals surface area (Å²) in [4.78, 5) is 18.0. The van der Waals surface area contributed by atoms with E-state index in [1.165, 1.54) is 18.1 Å². The van der Waals surface area contributed by atoms with Crippen molar-refractivity contribution in [2.24, 2.45) is 0 Å². The molecule has 7 nitrogen and oxygen atoms in total. The minimum atomic E-state index is -4.70. The number of allylic oxidation sites excluding steroid dienone is 3. The Morgan fingerprint density at radius 3 is 2.66 bits per heavy atom. The van der Waals surface area contributed by atoms with Gasteiger partial charge in [-0.1, -0.05) is 6.08 Å². The maximum absolute atomic E-state index is 13.8. The van der Waals surface area contributed by atoms with E-state index in [9.17, 15) is 18.0 Å². The maximum Gasteiger partial charge on any atom is 0.420 e. The van der Waals surface area contributed by atoms with Gasteiger partial charge in [-0.05, 0) is 24.3 Å². The molecular weight excluding hydrogens is 425 g/mol. The Balaban J connectivity index is 1.70. The monoisotopic (exact) mass is 446 g/mol. The number of halogens is 3. The standard InChI is InChI=1S/C22H21F3N4O3/c1-31-21-17(22(23,24)25)10-15(11-18(21)27-6-8-32-9-7-27)19(30)14-28-13-16-4-2-3-5-29(16)20(28)12-26/h2-5,10-11,13,26H,6-9,14H2,1H3. The number of anilines is 1. The number of nitrogens with zero attached hydrogens (tertiary/aromatic N) is 3. The number of ketones is 1. The lowest BCUT2D eigenvalue weighted by Gasteiger charge is -2.31. The molecule has 3 aliphatic heterocycles. The number of alkyl halides is 3. The Hall–Kier alpha value is -3.49.